The second-order valence-corrected chi connectivity index (χ2v) is 9.77. The van der Waals surface area contributed by atoms with Crippen LogP contribution in [0.3, 0.4) is 0 Å². The summed E-state index contributed by atoms with van der Waals surface area (Å²) in [6.45, 7) is 5.45. The molecule has 3 aromatic rings. The zero-order valence-electron chi connectivity index (χ0n) is 24.0. The monoisotopic (exact) mass is 563 g/mol. The van der Waals surface area contributed by atoms with E-state index in [1.807, 2.05) is 79.7 Å². The number of amides is 1. The number of fused-ring (bicyclic) bond motifs is 2. The summed E-state index contributed by atoms with van der Waals surface area (Å²) in [5, 5.41) is 2.97. The second-order valence-electron chi connectivity index (χ2n) is 9.77. The third-order valence-corrected chi connectivity index (χ3v) is 6.73. The molecule has 8 heteroatoms. The summed E-state index contributed by atoms with van der Waals surface area (Å²) >= 11 is 0. The molecule has 8 nitrogen and oxygen atoms in total. The number of hydrogen-bond donors (Lipinski definition) is 1. The predicted octanol–water partition coefficient (Wildman–Crippen LogP) is 5.41. The number of hydrogen-bond acceptors (Lipinski definition) is 7. The minimum atomic E-state index is -0.276. The van der Waals surface area contributed by atoms with Gasteiger partial charge in [-0.05, 0) is 29.7 Å². The minimum Gasteiger partial charge on any atom is -0.496 e. The number of carbonyl (C=O) groups is 1. The molecule has 0 aromatic heterocycles. The molecule has 1 aliphatic rings. The Labute approximate surface area is 242 Å². The Balaban J connectivity index is 1.60. The van der Waals surface area contributed by atoms with Crippen molar-refractivity contribution in [2.45, 2.75) is 38.8 Å². The van der Waals surface area contributed by atoms with Crippen LogP contribution >= 0.6 is 0 Å². The first kappa shape index (κ1) is 30.7. The summed E-state index contributed by atoms with van der Waals surface area (Å²) in [6, 6.07) is 23.6. The lowest BCUT2D eigenvalue weighted by Gasteiger charge is -2.22. The molecule has 0 saturated carbocycles. The van der Waals surface area contributed by atoms with Gasteiger partial charge in [0.25, 0.3) is 5.91 Å². The van der Waals surface area contributed by atoms with Crippen LogP contribution < -0.4 is 10.1 Å². The van der Waals surface area contributed by atoms with Gasteiger partial charge in [-0.2, -0.15) is 0 Å². The Morgan fingerprint density at radius 3 is 1.76 bits per heavy atom. The number of rotatable bonds is 6. The van der Waals surface area contributed by atoms with E-state index >= 15 is 0 Å². The quantitative estimate of drug-likeness (QED) is 0.429. The minimum absolute atomic E-state index is 0.143. The molecule has 0 radical (unpaired) electrons. The van der Waals surface area contributed by atoms with Gasteiger partial charge in [-0.3, -0.25) is 4.79 Å². The number of ether oxygens (including phenoxy) is 6. The van der Waals surface area contributed by atoms with E-state index in [1.165, 1.54) is 0 Å². The van der Waals surface area contributed by atoms with Gasteiger partial charge in [0.15, 0.2) is 0 Å². The fraction of sp³-hybridized carbons (Fsp3) is 0.424. The van der Waals surface area contributed by atoms with E-state index in [0.29, 0.717) is 57.5 Å². The van der Waals surface area contributed by atoms with Crippen molar-refractivity contribution in [3.05, 3.63) is 101 Å². The normalized spacial score (nSPS) is 19.5. The Kier molecular flexibility index (Phi) is 12.6. The molecule has 2 bridgehead atoms. The van der Waals surface area contributed by atoms with Crippen molar-refractivity contribution in [3.8, 4) is 5.75 Å². The third kappa shape index (κ3) is 9.38. The van der Waals surface area contributed by atoms with Crippen molar-refractivity contribution < 1.29 is 33.2 Å². The third-order valence-electron chi connectivity index (χ3n) is 6.73. The molecule has 3 aromatic carbocycles. The van der Waals surface area contributed by atoms with Gasteiger partial charge in [0.2, 0.25) is 0 Å². The molecule has 41 heavy (non-hydrogen) atoms. The first-order valence-electron chi connectivity index (χ1n) is 14.2. The lowest BCUT2D eigenvalue weighted by Crippen LogP contribution is -2.24. The fourth-order valence-corrected chi connectivity index (χ4v) is 4.67. The predicted molar refractivity (Wildman–Crippen MR) is 156 cm³/mol. The van der Waals surface area contributed by atoms with Crippen molar-refractivity contribution >= 4 is 5.91 Å². The van der Waals surface area contributed by atoms with E-state index in [4.69, 9.17) is 28.4 Å². The molecule has 0 saturated heterocycles. The molecule has 0 aliphatic carbocycles. The molecule has 220 valence electrons. The maximum atomic E-state index is 13.0. The van der Waals surface area contributed by atoms with Gasteiger partial charge in [-0.1, -0.05) is 67.6 Å². The summed E-state index contributed by atoms with van der Waals surface area (Å²) in [5.74, 6) is 0.496. The number of nitrogens with one attached hydrogen (secondary N) is 1. The summed E-state index contributed by atoms with van der Waals surface area (Å²) in [7, 11) is 1.62. The number of carbonyl (C=O) groups excluding carboxylic acids is 1. The highest BCUT2D eigenvalue weighted by Gasteiger charge is 2.19. The maximum Gasteiger partial charge on any atom is 0.251 e. The largest absolute Gasteiger partial charge is 0.496 e. The highest BCUT2D eigenvalue weighted by molar-refractivity contribution is 5.94. The molecule has 1 amide bonds. The lowest BCUT2D eigenvalue weighted by molar-refractivity contribution is -0.0646. The summed E-state index contributed by atoms with van der Waals surface area (Å²) in [5.41, 5.74) is 4.11. The topological polar surface area (TPSA) is 84.5 Å². The van der Waals surface area contributed by atoms with E-state index < -0.39 is 0 Å². The zero-order chi connectivity index (χ0) is 28.7. The molecule has 0 fully saturated rings. The molecule has 4 rings (SSSR count). The van der Waals surface area contributed by atoms with Crippen molar-refractivity contribution in [1.29, 1.82) is 0 Å². The summed E-state index contributed by atoms with van der Waals surface area (Å²) in [6.07, 6.45) is 0.296. The van der Waals surface area contributed by atoms with E-state index in [0.717, 1.165) is 28.7 Å². The number of benzene rings is 3. The SMILES string of the molecule is CCCNC(=O)c1cc2c(OC)c(c1)COC[C@H](c1ccccc1)OCCOCCO[C@@H](c1ccccc1)COC2. The van der Waals surface area contributed by atoms with Crippen LogP contribution in [0, 0.1) is 0 Å². The molecule has 1 aliphatic heterocycles. The van der Waals surface area contributed by atoms with Crippen molar-refractivity contribution in [1.82, 2.24) is 5.32 Å². The lowest BCUT2D eigenvalue weighted by atomic mass is 10.0. The second kappa shape index (κ2) is 16.9. The molecule has 0 spiro atoms. The average Bonchev–Trinajstić information content (AvgIpc) is 3.01. The van der Waals surface area contributed by atoms with Gasteiger partial charge in [-0.15, -0.1) is 0 Å². The Hall–Kier alpha value is -3.27. The standard InChI is InChI=1S/C33H41NO7/c1-3-14-34-33(35)27-19-28-21-38-23-30(25-10-6-4-7-11-25)40-17-15-37-16-18-41-31(26-12-8-5-9-13-26)24-39-22-29(20-27)32(28)36-2/h4-13,19-20,30-31H,3,14-18,21-24H2,1-2H3,(H,34,35)/t30-,31-/m1/s1. The van der Waals surface area contributed by atoms with Crippen LogP contribution in [0.25, 0.3) is 0 Å². The first-order chi connectivity index (χ1) is 20.2. The van der Waals surface area contributed by atoms with Crippen molar-refractivity contribution in [3.63, 3.8) is 0 Å². The maximum absolute atomic E-state index is 13.0. The van der Waals surface area contributed by atoms with E-state index in [2.05, 4.69) is 5.32 Å². The van der Waals surface area contributed by atoms with Crippen LogP contribution in [-0.2, 0) is 36.9 Å². The molecule has 0 unspecified atom stereocenters. The summed E-state index contributed by atoms with van der Waals surface area (Å²) in [4.78, 5) is 13.0. The van der Waals surface area contributed by atoms with Crippen LogP contribution in [0.4, 0.5) is 0 Å². The fourth-order valence-electron chi connectivity index (χ4n) is 4.67. The molecule has 1 heterocycles. The van der Waals surface area contributed by atoms with Crippen molar-refractivity contribution in [2.24, 2.45) is 0 Å². The number of methoxy groups -OCH3 is 1. The molecular weight excluding hydrogens is 522 g/mol. The van der Waals surface area contributed by atoms with Gasteiger partial charge >= 0.3 is 0 Å². The Morgan fingerprint density at radius 1 is 0.780 bits per heavy atom. The van der Waals surface area contributed by atoms with Crippen LogP contribution in [0.2, 0.25) is 0 Å². The Bertz CT molecular complexity index is 1110. The summed E-state index contributed by atoms with van der Waals surface area (Å²) < 4.78 is 36.3. The molecule has 1 N–H and O–H groups in total. The van der Waals surface area contributed by atoms with E-state index in [1.54, 1.807) is 7.11 Å². The van der Waals surface area contributed by atoms with Crippen LogP contribution in [0.15, 0.2) is 72.8 Å². The van der Waals surface area contributed by atoms with Gasteiger partial charge in [0, 0.05) is 23.2 Å². The van der Waals surface area contributed by atoms with E-state index in [9.17, 15) is 4.79 Å². The zero-order valence-corrected chi connectivity index (χ0v) is 24.0. The van der Waals surface area contributed by atoms with Crippen molar-refractivity contribution in [2.75, 3.05) is 53.3 Å². The van der Waals surface area contributed by atoms with Gasteiger partial charge in [0.1, 0.15) is 18.0 Å². The van der Waals surface area contributed by atoms with Crippen LogP contribution in [0.1, 0.15) is 58.2 Å². The van der Waals surface area contributed by atoms with Gasteiger partial charge in [-0.25, -0.2) is 0 Å². The van der Waals surface area contributed by atoms with E-state index in [-0.39, 0.29) is 31.3 Å². The van der Waals surface area contributed by atoms with Crippen LogP contribution in [-0.4, -0.2) is 59.2 Å². The highest BCUT2D eigenvalue weighted by Crippen LogP contribution is 2.29. The van der Waals surface area contributed by atoms with Gasteiger partial charge in [0.05, 0.1) is 60.0 Å². The van der Waals surface area contributed by atoms with Crippen LogP contribution in [0.5, 0.6) is 5.75 Å². The smallest absolute Gasteiger partial charge is 0.251 e. The molecule has 2 atom stereocenters. The molecular formula is C33H41NO7. The average molecular weight is 564 g/mol. The van der Waals surface area contributed by atoms with Gasteiger partial charge < -0.3 is 33.7 Å². The highest BCUT2D eigenvalue weighted by atomic mass is 16.6. The first-order valence-corrected chi connectivity index (χ1v) is 14.2. The Morgan fingerprint density at radius 2 is 1.29 bits per heavy atom.